The molecule has 1 atom stereocenters. The summed E-state index contributed by atoms with van der Waals surface area (Å²) in [6.45, 7) is 0.677. The first-order valence-electron chi connectivity index (χ1n) is 9.75. The summed E-state index contributed by atoms with van der Waals surface area (Å²) in [5.74, 6) is -2.26. The minimum Gasteiger partial charge on any atom is -0.352 e. The van der Waals surface area contributed by atoms with Crippen molar-refractivity contribution in [3.8, 4) is 6.07 Å². The van der Waals surface area contributed by atoms with Gasteiger partial charge in [0, 0.05) is 30.3 Å². The number of carbonyl (C=O) groups is 3. The van der Waals surface area contributed by atoms with Gasteiger partial charge in [0.05, 0.1) is 6.07 Å². The molecule has 0 radical (unpaired) electrons. The summed E-state index contributed by atoms with van der Waals surface area (Å²) in [5.41, 5.74) is 1.06. The summed E-state index contributed by atoms with van der Waals surface area (Å²) in [6, 6.07) is 8.52. The van der Waals surface area contributed by atoms with Gasteiger partial charge < -0.3 is 10.2 Å². The number of hydrogen-bond donors (Lipinski definition) is 1. The molecule has 27 heavy (non-hydrogen) atoms. The van der Waals surface area contributed by atoms with Crippen LogP contribution in [-0.2, 0) is 9.59 Å². The Balaban J connectivity index is 1.66. The maximum absolute atomic E-state index is 12.6. The second-order valence-electron chi connectivity index (χ2n) is 7.32. The van der Waals surface area contributed by atoms with Crippen molar-refractivity contribution in [1.82, 2.24) is 5.32 Å². The minimum atomic E-state index is -1.34. The Labute approximate surface area is 159 Å². The average Bonchev–Trinajstić information content (AvgIpc) is 2.70. The lowest BCUT2D eigenvalue weighted by Gasteiger charge is -2.27. The predicted octanol–water partition coefficient (Wildman–Crippen LogP) is 2.97. The highest BCUT2D eigenvalue weighted by molar-refractivity contribution is 6.12. The molecule has 1 aliphatic carbocycles. The van der Waals surface area contributed by atoms with Gasteiger partial charge in [-0.05, 0) is 49.9 Å². The van der Waals surface area contributed by atoms with Crippen LogP contribution < -0.4 is 10.2 Å². The predicted molar refractivity (Wildman–Crippen MR) is 101 cm³/mol. The molecule has 2 fully saturated rings. The molecule has 6 nitrogen and oxygen atoms in total. The lowest BCUT2D eigenvalue weighted by atomic mass is 9.93. The number of carbonyl (C=O) groups excluding carboxylic acids is 3. The van der Waals surface area contributed by atoms with E-state index in [0.717, 1.165) is 44.2 Å². The standard InChI is InChI=1S/C21H25N3O3/c22-14-18(21(27)23-16-6-2-1-3-7-16)20(26)15-9-11-17(12-10-15)24-13-5-4-8-19(24)25/h9-12,16,18H,1-8,13H2,(H,23,27)/t18-/m1/s1. The molecule has 1 saturated carbocycles. The maximum Gasteiger partial charge on any atom is 0.245 e. The van der Waals surface area contributed by atoms with Crippen LogP contribution in [0, 0.1) is 17.2 Å². The first-order valence-corrected chi connectivity index (χ1v) is 9.75. The van der Waals surface area contributed by atoms with Gasteiger partial charge >= 0.3 is 0 Å². The highest BCUT2D eigenvalue weighted by Gasteiger charge is 2.30. The molecule has 1 N–H and O–H groups in total. The zero-order valence-electron chi connectivity index (χ0n) is 15.4. The molecule has 1 aromatic rings. The van der Waals surface area contributed by atoms with E-state index in [2.05, 4.69) is 5.32 Å². The number of rotatable bonds is 5. The van der Waals surface area contributed by atoms with Crippen LogP contribution in [0.25, 0.3) is 0 Å². The Morgan fingerprint density at radius 3 is 2.41 bits per heavy atom. The topological polar surface area (TPSA) is 90.3 Å². The number of benzene rings is 1. The lowest BCUT2D eigenvalue weighted by Crippen LogP contribution is -2.42. The van der Waals surface area contributed by atoms with Gasteiger partial charge in [0.25, 0.3) is 0 Å². The number of nitrogens with one attached hydrogen (secondary N) is 1. The first kappa shape index (κ1) is 19.1. The van der Waals surface area contributed by atoms with Crippen molar-refractivity contribution in [1.29, 1.82) is 5.26 Å². The van der Waals surface area contributed by atoms with Crippen molar-refractivity contribution in [3.05, 3.63) is 29.8 Å². The summed E-state index contributed by atoms with van der Waals surface area (Å²) in [4.78, 5) is 38.8. The number of nitriles is 1. The molecule has 0 aromatic heterocycles. The largest absolute Gasteiger partial charge is 0.352 e. The van der Waals surface area contributed by atoms with Crippen LogP contribution in [0.3, 0.4) is 0 Å². The van der Waals surface area contributed by atoms with Crippen LogP contribution in [0.2, 0.25) is 0 Å². The molecular formula is C21H25N3O3. The van der Waals surface area contributed by atoms with Crippen LogP contribution in [0.5, 0.6) is 0 Å². The Morgan fingerprint density at radius 2 is 1.78 bits per heavy atom. The molecule has 1 aliphatic heterocycles. The quantitative estimate of drug-likeness (QED) is 0.640. The number of hydrogen-bond acceptors (Lipinski definition) is 4. The van der Waals surface area contributed by atoms with E-state index in [1.54, 1.807) is 29.2 Å². The zero-order valence-corrected chi connectivity index (χ0v) is 15.4. The van der Waals surface area contributed by atoms with E-state index in [0.29, 0.717) is 18.5 Å². The summed E-state index contributed by atoms with van der Waals surface area (Å²) < 4.78 is 0. The number of anilines is 1. The third kappa shape index (κ3) is 4.54. The van der Waals surface area contributed by atoms with Crippen molar-refractivity contribution in [3.63, 3.8) is 0 Å². The Morgan fingerprint density at radius 1 is 1.07 bits per heavy atom. The van der Waals surface area contributed by atoms with E-state index in [-0.39, 0.29) is 11.9 Å². The van der Waals surface area contributed by atoms with Gasteiger partial charge in [-0.3, -0.25) is 14.4 Å². The number of piperidine rings is 1. The fraction of sp³-hybridized carbons (Fsp3) is 0.524. The summed E-state index contributed by atoms with van der Waals surface area (Å²) in [5, 5.41) is 12.2. The second-order valence-corrected chi connectivity index (χ2v) is 7.32. The maximum atomic E-state index is 12.6. The van der Waals surface area contributed by atoms with Gasteiger partial charge in [-0.1, -0.05) is 19.3 Å². The van der Waals surface area contributed by atoms with Crippen molar-refractivity contribution in [2.75, 3.05) is 11.4 Å². The van der Waals surface area contributed by atoms with Crippen LogP contribution in [0.4, 0.5) is 5.69 Å². The Bertz CT molecular complexity index is 745. The summed E-state index contributed by atoms with van der Waals surface area (Å²) in [6.07, 6.45) is 7.50. The highest BCUT2D eigenvalue weighted by atomic mass is 16.2. The molecule has 1 saturated heterocycles. The van der Waals surface area contributed by atoms with Crippen LogP contribution in [-0.4, -0.2) is 30.2 Å². The Hall–Kier alpha value is -2.68. The fourth-order valence-corrected chi connectivity index (χ4v) is 3.82. The van der Waals surface area contributed by atoms with E-state index in [9.17, 15) is 19.6 Å². The monoisotopic (exact) mass is 367 g/mol. The molecule has 0 unspecified atom stereocenters. The van der Waals surface area contributed by atoms with Gasteiger partial charge in [-0.15, -0.1) is 0 Å². The average molecular weight is 367 g/mol. The summed E-state index contributed by atoms with van der Waals surface area (Å²) in [7, 11) is 0. The zero-order chi connectivity index (χ0) is 19.2. The van der Waals surface area contributed by atoms with Gasteiger partial charge in [0.15, 0.2) is 11.7 Å². The van der Waals surface area contributed by atoms with Gasteiger partial charge in [0.2, 0.25) is 11.8 Å². The minimum absolute atomic E-state index is 0.0578. The van der Waals surface area contributed by atoms with Crippen molar-refractivity contribution < 1.29 is 14.4 Å². The molecule has 1 aromatic carbocycles. The van der Waals surface area contributed by atoms with Crippen LogP contribution in [0.15, 0.2) is 24.3 Å². The number of amides is 2. The van der Waals surface area contributed by atoms with Crippen LogP contribution >= 0.6 is 0 Å². The Kier molecular flexibility index (Phi) is 6.23. The fourth-order valence-electron chi connectivity index (χ4n) is 3.82. The first-order chi connectivity index (χ1) is 13.1. The molecule has 1 heterocycles. The van der Waals surface area contributed by atoms with Gasteiger partial charge in [0.1, 0.15) is 0 Å². The third-order valence-electron chi connectivity index (χ3n) is 5.39. The lowest BCUT2D eigenvalue weighted by molar-refractivity contribution is -0.123. The van der Waals surface area contributed by atoms with Gasteiger partial charge in [-0.2, -0.15) is 5.26 Å². The molecule has 0 bridgehead atoms. The van der Waals surface area contributed by atoms with Crippen molar-refractivity contribution >= 4 is 23.3 Å². The van der Waals surface area contributed by atoms with Crippen molar-refractivity contribution in [2.45, 2.75) is 57.4 Å². The SMILES string of the molecule is N#C[C@@H](C(=O)NC1CCCCC1)C(=O)c1ccc(N2CCCCC2=O)cc1. The van der Waals surface area contributed by atoms with E-state index in [1.807, 2.05) is 6.07 Å². The number of Topliss-reactive ketones (excluding diaryl/α,β-unsaturated/α-hetero) is 1. The normalized spacial score (nSPS) is 19.2. The number of nitrogens with zero attached hydrogens (tertiary/aromatic N) is 2. The van der Waals surface area contributed by atoms with E-state index >= 15 is 0 Å². The van der Waals surface area contributed by atoms with E-state index in [1.165, 1.54) is 6.42 Å². The number of ketones is 1. The van der Waals surface area contributed by atoms with E-state index < -0.39 is 17.6 Å². The molecule has 2 amide bonds. The molecule has 6 heteroatoms. The summed E-state index contributed by atoms with van der Waals surface area (Å²) >= 11 is 0. The van der Waals surface area contributed by atoms with Crippen molar-refractivity contribution in [2.24, 2.45) is 5.92 Å². The third-order valence-corrected chi connectivity index (χ3v) is 5.39. The molecule has 3 rings (SSSR count). The smallest absolute Gasteiger partial charge is 0.245 e. The van der Waals surface area contributed by atoms with Gasteiger partial charge in [-0.25, -0.2) is 0 Å². The van der Waals surface area contributed by atoms with E-state index in [4.69, 9.17) is 0 Å². The molecule has 0 spiro atoms. The highest BCUT2D eigenvalue weighted by Crippen LogP contribution is 2.23. The van der Waals surface area contributed by atoms with Crippen LogP contribution in [0.1, 0.15) is 61.7 Å². The molecular weight excluding hydrogens is 342 g/mol. The molecule has 2 aliphatic rings. The second kappa shape index (κ2) is 8.81. The molecule has 142 valence electrons.